The quantitative estimate of drug-likeness (QED) is 0.532. The molecule has 0 bridgehead atoms. The molecular formula is C7H13N5O2S. The smallest absolute Gasteiger partial charge is 0.343 e. The fourth-order valence-corrected chi connectivity index (χ4v) is 1.91. The van der Waals surface area contributed by atoms with E-state index in [1.165, 1.54) is 16.3 Å². The highest BCUT2D eigenvalue weighted by atomic mass is 32.2. The predicted molar refractivity (Wildman–Crippen MR) is 56.4 cm³/mol. The molecule has 0 saturated heterocycles. The van der Waals surface area contributed by atoms with Gasteiger partial charge in [0, 0.05) is 12.3 Å². The van der Waals surface area contributed by atoms with Crippen LogP contribution < -0.4 is 17.2 Å². The number of aromatic amines is 1. The van der Waals surface area contributed by atoms with Crippen molar-refractivity contribution >= 4 is 17.7 Å². The first-order valence-electron chi connectivity index (χ1n) is 4.39. The number of thioether (sulfide) groups is 1. The van der Waals surface area contributed by atoms with Crippen molar-refractivity contribution in [2.24, 2.45) is 11.5 Å². The second-order valence-corrected chi connectivity index (χ2v) is 3.86. The van der Waals surface area contributed by atoms with Gasteiger partial charge in [-0.15, -0.1) is 5.10 Å². The lowest BCUT2D eigenvalue weighted by atomic mass is 10.3. The molecule has 1 rings (SSSR count). The van der Waals surface area contributed by atoms with Crippen LogP contribution in [0.15, 0.2) is 9.95 Å². The lowest BCUT2D eigenvalue weighted by Gasteiger charge is -2.06. The van der Waals surface area contributed by atoms with E-state index in [1.807, 2.05) is 6.92 Å². The van der Waals surface area contributed by atoms with Crippen LogP contribution in [-0.2, 0) is 11.3 Å². The Kier molecular flexibility index (Phi) is 3.92. The van der Waals surface area contributed by atoms with Gasteiger partial charge in [0.15, 0.2) is 5.16 Å². The number of rotatable bonds is 5. The van der Waals surface area contributed by atoms with E-state index in [1.54, 1.807) is 0 Å². The third-order valence-electron chi connectivity index (χ3n) is 1.80. The van der Waals surface area contributed by atoms with E-state index >= 15 is 0 Å². The first-order chi connectivity index (χ1) is 7.06. The number of primary amides is 1. The normalized spacial score (nSPS) is 12.7. The summed E-state index contributed by atoms with van der Waals surface area (Å²) in [6.07, 6.45) is 0. The molecule has 0 spiro atoms. The molecule has 5 N–H and O–H groups in total. The number of carbonyl (C=O) groups excluding carboxylic acids is 1. The summed E-state index contributed by atoms with van der Waals surface area (Å²) in [5, 5.41) is 6.63. The largest absolute Gasteiger partial charge is 0.368 e. The Bertz CT molecular complexity index is 398. The summed E-state index contributed by atoms with van der Waals surface area (Å²) in [4.78, 5) is 21.8. The van der Waals surface area contributed by atoms with Crippen LogP contribution in [0.3, 0.4) is 0 Å². The van der Waals surface area contributed by atoms with Crippen LogP contribution in [0.1, 0.15) is 6.92 Å². The highest BCUT2D eigenvalue weighted by Crippen LogP contribution is 2.13. The molecule has 8 heteroatoms. The Morgan fingerprint density at radius 1 is 1.73 bits per heavy atom. The number of hydrogen-bond acceptors (Lipinski definition) is 5. The van der Waals surface area contributed by atoms with Gasteiger partial charge in [-0.2, -0.15) is 0 Å². The van der Waals surface area contributed by atoms with Gasteiger partial charge in [0.05, 0.1) is 6.04 Å². The van der Waals surface area contributed by atoms with Crippen LogP contribution >= 0.6 is 11.8 Å². The highest BCUT2D eigenvalue weighted by molar-refractivity contribution is 7.99. The van der Waals surface area contributed by atoms with Gasteiger partial charge in [-0.05, 0) is 6.92 Å². The molecule has 0 fully saturated rings. The minimum absolute atomic E-state index is 0.271. The van der Waals surface area contributed by atoms with Gasteiger partial charge in [0.25, 0.3) is 0 Å². The molecule has 84 valence electrons. The van der Waals surface area contributed by atoms with Gasteiger partial charge in [-0.1, -0.05) is 11.8 Å². The third-order valence-corrected chi connectivity index (χ3v) is 2.89. The molecule has 1 aromatic rings. The highest BCUT2D eigenvalue weighted by Gasteiger charge is 2.13. The van der Waals surface area contributed by atoms with Crippen molar-refractivity contribution in [1.29, 1.82) is 0 Å². The molecule has 0 aliphatic carbocycles. The Morgan fingerprint density at radius 2 is 2.40 bits per heavy atom. The van der Waals surface area contributed by atoms with Crippen molar-refractivity contribution in [3.8, 4) is 0 Å². The van der Waals surface area contributed by atoms with Gasteiger partial charge in [0.1, 0.15) is 0 Å². The number of nitrogens with two attached hydrogens (primary N) is 2. The molecule has 0 aliphatic rings. The van der Waals surface area contributed by atoms with Crippen molar-refractivity contribution in [1.82, 2.24) is 14.8 Å². The minimum Gasteiger partial charge on any atom is -0.368 e. The molecular weight excluding hydrogens is 218 g/mol. The lowest BCUT2D eigenvalue weighted by molar-refractivity contribution is -0.118. The Labute approximate surface area is 90.2 Å². The number of hydrogen-bond donors (Lipinski definition) is 3. The Hall–Kier alpha value is -1.28. The molecule has 1 aromatic heterocycles. The maximum Gasteiger partial charge on any atom is 0.343 e. The summed E-state index contributed by atoms with van der Waals surface area (Å²) < 4.78 is 1.46. The predicted octanol–water partition coefficient (Wildman–Crippen LogP) is -1.50. The number of carbonyl (C=O) groups is 1. The molecule has 1 heterocycles. The number of aromatic nitrogens is 3. The average Bonchev–Trinajstić information content (AvgIpc) is 2.55. The molecule has 1 unspecified atom stereocenters. The van der Waals surface area contributed by atoms with Crippen LogP contribution in [0.2, 0.25) is 0 Å². The molecule has 0 aliphatic heterocycles. The van der Waals surface area contributed by atoms with E-state index in [9.17, 15) is 9.59 Å². The zero-order chi connectivity index (χ0) is 11.4. The van der Waals surface area contributed by atoms with Gasteiger partial charge in [0.2, 0.25) is 5.91 Å². The van der Waals surface area contributed by atoms with Crippen molar-refractivity contribution in [3.05, 3.63) is 10.5 Å². The van der Waals surface area contributed by atoms with Crippen LogP contribution in [0.5, 0.6) is 0 Å². The summed E-state index contributed by atoms with van der Waals surface area (Å²) >= 11 is 1.22. The lowest BCUT2D eigenvalue weighted by Crippen LogP contribution is -2.38. The molecule has 0 radical (unpaired) electrons. The van der Waals surface area contributed by atoms with Crippen molar-refractivity contribution < 1.29 is 4.79 Å². The standard InChI is InChI=1S/C7H13N5O2S/c1-2-12-6(14)10-11-7(12)15-3-4(8)5(9)13/h4H,2-3,8H2,1H3,(H2,9,13)(H,10,14). The van der Waals surface area contributed by atoms with E-state index in [0.717, 1.165) is 0 Å². The second kappa shape index (κ2) is 4.99. The van der Waals surface area contributed by atoms with E-state index in [0.29, 0.717) is 17.5 Å². The Morgan fingerprint density at radius 3 is 2.93 bits per heavy atom. The van der Waals surface area contributed by atoms with Gasteiger partial charge in [-0.25, -0.2) is 9.89 Å². The Balaban J connectivity index is 2.65. The molecule has 1 atom stereocenters. The topological polar surface area (TPSA) is 120 Å². The van der Waals surface area contributed by atoms with Gasteiger partial charge in [-0.3, -0.25) is 9.36 Å². The second-order valence-electron chi connectivity index (χ2n) is 2.88. The third kappa shape index (κ3) is 2.83. The summed E-state index contributed by atoms with van der Waals surface area (Å²) in [7, 11) is 0. The molecule has 7 nitrogen and oxygen atoms in total. The number of nitrogens with one attached hydrogen (secondary N) is 1. The summed E-state index contributed by atoms with van der Waals surface area (Å²) in [5.41, 5.74) is 10.2. The average molecular weight is 231 g/mol. The minimum atomic E-state index is -0.730. The SMILES string of the molecule is CCn1c(SCC(N)C(N)=O)n[nH]c1=O. The zero-order valence-electron chi connectivity index (χ0n) is 8.27. The van der Waals surface area contributed by atoms with Crippen molar-refractivity contribution in [2.75, 3.05) is 5.75 Å². The first-order valence-corrected chi connectivity index (χ1v) is 5.37. The molecule has 0 saturated carbocycles. The zero-order valence-corrected chi connectivity index (χ0v) is 9.08. The van der Waals surface area contributed by atoms with Crippen molar-refractivity contribution in [2.45, 2.75) is 24.7 Å². The number of H-pyrrole nitrogens is 1. The fraction of sp³-hybridized carbons (Fsp3) is 0.571. The molecule has 15 heavy (non-hydrogen) atoms. The monoisotopic (exact) mass is 231 g/mol. The molecule has 1 amide bonds. The number of amides is 1. The van der Waals surface area contributed by atoms with E-state index < -0.39 is 11.9 Å². The van der Waals surface area contributed by atoms with Gasteiger partial charge >= 0.3 is 5.69 Å². The van der Waals surface area contributed by atoms with Crippen molar-refractivity contribution in [3.63, 3.8) is 0 Å². The van der Waals surface area contributed by atoms with Gasteiger partial charge < -0.3 is 11.5 Å². The van der Waals surface area contributed by atoms with E-state index in [4.69, 9.17) is 11.5 Å². The van der Waals surface area contributed by atoms with Crippen LogP contribution in [0.4, 0.5) is 0 Å². The van der Waals surface area contributed by atoms with Crippen LogP contribution in [-0.4, -0.2) is 32.5 Å². The van der Waals surface area contributed by atoms with E-state index in [2.05, 4.69) is 10.2 Å². The van der Waals surface area contributed by atoms with Crippen LogP contribution in [0.25, 0.3) is 0 Å². The molecule has 0 aromatic carbocycles. The summed E-state index contributed by atoms with van der Waals surface area (Å²) in [6.45, 7) is 2.35. The first kappa shape index (κ1) is 11.8. The van der Waals surface area contributed by atoms with E-state index in [-0.39, 0.29) is 5.69 Å². The summed E-state index contributed by atoms with van der Waals surface area (Å²) in [6, 6.07) is -0.730. The van der Waals surface area contributed by atoms with Crippen LogP contribution in [0, 0.1) is 0 Å². The maximum absolute atomic E-state index is 11.2. The summed E-state index contributed by atoms with van der Waals surface area (Å²) in [5.74, 6) is -0.261. The fourth-order valence-electron chi connectivity index (χ4n) is 0.939. The maximum atomic E-state index is 11.2. The number of nitrogens with zero attached hydrogens (tertiary/aromatic N) is 2.